The summed E-state index contributed by atoms with van der Waals surface area (Å²) in [5, 5.41) is 2.75. The van der Waals surface area contributed by atoms with Crippen molar-refractivity contribution in [3.05, 3.63) is 71.0 Å². The molecule has 5 heteroatoms. The predicted octanol–water partition coefficient (Wildman–Crippen LogP) is 3.31. The van der Waals surface area contributed by atoms with Crippen molar-refractivity contribution < 1.29 is 18.7 Å². The number of halogens is 1. The summed E-state index contributed by atoms with van der Waals surface area (Å²) in [4.78, 5) is 23.8. The van der Waals surface area contributed by atoms with E-state index in [0.29, 0.717) is 13.0 Å². The monoisotopic (exact) mass is 343 g/mol. The van der Waals surface area contributed by atoms with Gasteiger partial charge in [0.25, 0.3) is 5.91 Å². The first-order valence-electron chi connectivity index (χ1n) is 8.21. The zero-order valence-corrected chi connectivity index (χ0v) is 14.4. The Morgan fingerprint density at radius 3 is 2.28 bits per heavy atom. The quantitative estimate of drug-likeness (QED) is 0.785. The van der Waals surface area contributed by atoms with Crippen LogP contribution < -0.4 is 5.32 Å². The Bertz CT molecular complexity index is 711. The topological polar surface area (TPSA) is 55.4 Å². The highest BCUT2D eigenvalue weighted by atomic mass is 19.1. The summed E-state index contributed by atoms with van der Waals surface area (Å²) in [6.07, 6.45) is -0.274. The minimum Gasteiger partial charge on any atom is -0.453 e. The van der Waals surface area contributed by atoms with Crippen LogP contribution in [0.3, 0.4) is 0 Å². The van der Waals surface area contributed by atoms with Gasteiger partial charge in [-0.2, -0.15) is 0 Å². The smallest absolute Gasteiger partial charge is 0.306 e. The van der Waals surface area contributed by atoms with E-state index in [1.165, 1.54) is 12.1 Å². The van der Waals surface area contributed by atoms with E-state index in [4.69, 9.17) is 4.74 Å². The van der Waals surface area contributed by atoms with E-state index in [1.54, 1.807) is 19.1 Å². The third kappa shape index (κ3) is 6.37. The molecule has 25 heavy (non-hydrogen) atoms. The first kappa shape index (κ1) is 18.6. The van der Waals surface area contributed by atoms with Crippen molar-refractivity contribution in [2.24, 2.45) is 0 Å². The average Bonchev–Trinajstić information content (AvgIpc) is 2.60. The summed E-state index contributed by atoms with van der Waals surface area (Å²) in [5.74, 6) is -1.11. The third-order valence-corrected chi connectivity index (χ3v) is 3.80. The lowest BCUT2D eigenvalue weighted by molar-refractivity contribution is -0.154. The Hall–Kier alpha value is -2.69. The molecule has 0 unspecified atom stereocenters. The standard InChI is InChI=1S/C20H22FNO3/c1-14-3-5-17(6-4-14)13-22-20(24)15(2)25-19(23)12-9-16-7-10-18(21)11-8-16/h3-8,10-11,15H,9,12-13H2,1-2H3,(H,22,24)/t15-/m0/s1. The Labute approximate surface area is 147 Å². The number of hydrogen-bond donors (Lipinski definition) is 1. The number of aryl methyl sites for hydroxylation is 2. The molecule has 1 atom stereocenters. The minimum absolute atomic E-state index is 0.140. The van der Waals surface area contributed by atoms with Gasteiger partial charge in [0.15, 0.2) is 6.10 Å². The van der Waals surface area contributed by atoms with Gasteiger partial charge in [0.2, 0.25) is 0 Å². The zero-order chi connectivity index (χ0) is 18.2. The predicted molar refractivity (Wildman–Crippen MR) is 93.3 cm³/mol. The van der Waals surface area contributed by atoms with Gasteiger partial charge < -0.3 is 10.1 Å². The summed E-state index contributed by atoms with van der Waals surface area (Å²) < 4.78 is 18.0. The minimum atomic E-state index is -0.855. The number of hydrogen-bond acceptors (Lipinski definition) is 3. The highest BCUT2D eigenvalue weighted by Gasteiger charge is 2.17. The molecule has 0 aliphatic heterocycles. The molecule has 2 rings (SSSR count). The number of amides is 1. The van der Waals surface area contributed by atoms with Crippen LogP contribution in [0.2, 0.25) is 0 Å². The summed E-state index contributed by atoms with van der Waals surface area (Å²) in [7, 11) is 0. The number of ether oxygens (including phenoxy) is 1. The van der Waals surface area contributed by atoms with E-state index in [9.17, 15) is 14.0 Å². The second-order valence-electron chi connectivity index (χ2n) is 5.96. The number of esters is 1. The molecule has 1 amide bonds. The van der Waals surface area contributed by atoms with Crippen LogP contribution in [0.5, 0.6) is 0 Å². The number of carbonyl (C=O) groups excluding carboxylic acids is 2. The lowest BCUT2D eigenvalue weighted by Crippen LogP contribution is -2.35. The molecule has 0 spiro atoms. The van der Waals surface area contributed by atoms with Crippen LogP contribution in [0, 0.1) is 12.7 Å². The first-order valence-corrected chi connectivity index (χ1v) is 8.21. The molecule has 1 N–H and O–H groups in total. The van der Waals surface area contributed by atoms with Crippen LogP contribution in [0.25, 0.3) is 0 Å². The fourth-order valence-electron chi connectivity index (χ4n) is 2.25. The van der Waals surface area contributed by atoms with E-state index in [2.05, 4.69) is 5.32 Å². The van der Waals surface area contributed by atoms with Crippen molar-refractivity contribution in [3.63, 3.8) is 0 Å². The Morgan fingerprint density at radius 1 is 1.04 bits per heavy atom. The van der Waals surface area contributed by atoms with Crippen LogP contribution in [0.1, 0.15) is 30.0 Å². The molecule has 0 saturated heterocycles. The van der Waals surface area contributed by atoms with Gasteiger partial charge in [-0.25, -0.2) is 4.39 Å². The summed E-state index contributed by atoms with van der Waals surface area (Å²) >= 11 is 0. The third-order valence-electron chi connectivity index (χ3n) is 3.80. The van der Waals surface area contributed by atoms with Crippen LogP contribution in [-0.4, -0.2) is 18.0 Å². The lowest BCUT2D eigenvalue weighted by Gasteiger charge is -2.13. The van der Waals surface area contributed by atoms with Crippen molar-refractivity contribution in [2.45, 2.75) is 39.3 Å². The van der Waals surface area contributed by atoms with Crippen molar-refractivity contribution in [2.75, 3.05) is 0 Å². The van der Waals surface area contributed by atoms with Gasteiger partial charge in [0, 0.05) is 13.0 Å². The SMILES string of the molecule is Cc1ccc(CNC(=O)[C@H](C)OC(=O)CCc2ccc(F)cc2)cc1. The van der Waals surface area contributed by atoms with Crippen LogP contribution >= 0.6 is 0 Å². The molecule has 0 aliphatic carbocycles. The maximum Gasteiger partial charge on any atom is 0.306 e. The molecule has 0 heterocycles. The molecule has 0 bridgehead atoms. The van der Waals surface area contributed by atoms with Gasteiger partial charge in [0.05, 0.1) is 0 Å². The van der Waals surface area contributed by atoms with E-state index >= 15 is 0 Å². The first-order chi connectivity index (χ1) is 11.9. The van der Waals surface area contributed by atoms with Crippen molar-refractivity contribution in [1.29, 1.82) is 0 Å². The molecule has 4 nitrogen and oxygen atoms in total. The second kappa shape index (κ2) is 8.97. The largest absolute Gasteiger partial charge is 0.453 e. The molecule has 0 aromatic heterocycles. The lowest BCUT2D eigenvalue weighted by atomic mass is 10.1. The summed E-state index contributed by atoms with van der Waals surface area (Å²) in [6.45, 7) is 3.92. The van der Waals surface area contributed by atoms with Crippen molar-refractivity contribution in [3.8, 4) is 0 Å². The number of benzene rings is 2. The normalized spacial score (nSPS) is 11.6. The van der Waals surface area contributed by atoms with E-state index in [-0.39, 0.29) is 18.1 Å². The molecule has 0 radical (unpaired) electrons. The molecule has 0 saturated carbocycles. The fourth-order valence-corrected chi connectivity index (χ4v) is 2.25. The van der Waals surface area contributed by atoms with Crippen LogP contribution in [0.15, 0.2) is 48.5 Å². The van der Waals surface area contributed by atoms with Gasteiger partial charge in [-0.05, 0) is 43.5 Å². The number of rotatable bonds is 7. The maximum atomic E-state index is 12.8. The molecule has 2 aromatic rings. The van der Waals surface area contributed by atoms with Crippen molar-refractivity contribution in [1.82, 2.24) is 5.32 Å². The number of nitrogens with one attached hydrogen (secondary N) is 1. The Kier molecular flexibility index (Phi) is 6.69. The van der Waals surface area contributed by atoms with Gasteiger partial charge >= 0.3 is 5.97 Å². The van der Waals surface area contributed by atoms with E-state index in [1.807, 2.05) is 31.2 Å². The van der Waals surface area contributed by atoms with Crippen LogP contribution in [-0.2, 0) is 27.3 Å². The Morgan fingerprint density at radius 2 is 1.64 bits per heavy atom. The number of carbonyl (C=O) groups is 2. The van der Waals surface area contributed by atoms with Crippen LogP contribution in [0.4, 0.5) is 4.39 Å². The summed E-state index contributed by atoms with van der Waals surface area (Å²) in [6, 6.07) is 13.8. The van der Waals surface area contributed by atoms with Crippen molar-refractivity contribution >= 4 is 11.9 Å². The molecular weight excluding hydrogens is 321 g/mol. The zero-order valence-electron chi connectivity index (χ0n) is 14.4. The van der Waals surface area contributed by atoms with E-state index in [0.717, 1.165) is 16.7 Å². The highest BCUT2D eigenvalue weighted by Crippen LogP contribution is 2.07. The second-order valence-corrected chi connectivity index (χ2v) is 5.96. The van der Waals surface area contributed by atoms with E-state index < -0.39 is 12.1 Å². The maximum absolute atomic E-state index is 12.8. The Balaban J connectivity index is 1.72. The van der Waals surface area contributed by atoms with Gasteiger partial charge in [0.1, 0.15) is 5.82 Å². The molecule has 132 valence electrons. The molecule has 0 aliphatic rings. The van der Waals surface area contributed by atoms with Gasteiger partial charge in [-0.1, -0.05) is 42.0 Å². The van der Waals surface area contributed by atoms with Gasteiger partial charge in [-0.15, -0.1) is 0 Å². The average molecular weight is 343 g/mol. The molecular formula is C20H22FNO3. The summed E-state index contributed by atoms with van der Waals surface area (Å²) in [5.41, 5.74) is 2.97. The fraction of sp³-hybridized carbons (Fsp3) is 0.300. The highest BCUT2D eigenvalue weighted by molar-refractivity contribution is 5.83. The van der Waals surface area contributed by atoms with Gasteiger partial charge in [-0.3, -0.25) is 9.59 Å². The molecule has 2 aromatic carbocycles. The molecule has 0 fully saturated rings.